The van der Waals surface area contributed by atoms with Crippen LogP contribution in [0, 0.1) is 0 Å². The number of hydrogen-bond acceptors (Lipinski definition) is 5. The van der Waals surface area contributed by atoms with Crippen LogP contribution in [0.25, 0.3) is 11.1 Å². The van der Waals surface area contributed by atoms with Crippen LogP contribution in [0.1, 0.15) is 15.5 Å². The number of hydrogen-bond donors (Lipinski definition) is 0. The van der Waals surface area contributed by atoms with Crippen LogP contribution in [-0.2, 0) is 11.3 Å². The number of carbonyl (C=O) groups is 1. The summed E-state index contributed by atoms with van der Waals surface area (Å²) in [5.41, 5.74) is 2.16. The third kappa shape index (κ3) is 3.64. The number of carbonyl (C=O) groups excluding carboxylic acids is 1. The van der Waals surface area contributed by atoms with Crippen molar-refractivity contribution < 1.29 is 14.3 Å². The number of methoxy groups -OCH3 is 1. The molecule has 0 saturated carbocycles. The van der Waals surface area contributed by atoms with Crippen molar-refractivity contribution in [2.24, 2.45) is 0 Å². The van der Waals surface area contributed by atoms with Gasteiger partial charge < -0.3 is 9.47 Å². The number of para-hydroxylation sites is 1. The molecule has 0 aliphatic carbocycles. The highest BCUT2D eigenvalue weighted by molar-refractivity contribution is 7.09. The highest BCUT2D eigenvalue weighted by Gasteiger charge is 2.15. The van der Waals surface area contributed by atoms with Crippen molar-refractivity contribution >= 4 is 17.3 Å². The Labute approximate surface area is 138 Å². The molecular formula is C18H15NO3S. The second-order valence-corrected chi connectivity index (χ2v) is 5.75. The number of aromatic nitrogens is 1. The van der Waals surface area contributed by atoms with Gasteiger partial charge in [0, 0.05) is 18.1 Å². The minimum atomic E-state index is -0.466. The van der Waals surface area contributed by atoms with E-state index in [1.165, 1.54) is 11.3 Å². The summed E-state index contributed by atoms with van der Waals surface area (Å²) in [6.07, 6.45) is 0. The van der Waals surface area contributed by atoms with Gasteiger partial charge in [-0.25, -0.2) is 9.78 Å². The molecule has 0 aliphatic rings. The van der Waals surface area contributed by atoms with Gasteiger partial charge in [-0.15, -0.1) is 11.3 Å². The molecule has 0 spiro atoms. The molecule has 0 saturated heterocycles. The lowest BCUT2D eigenvalue weighted by molar-refractivity contribution is 0.0729. The van der Waals surface area contributed by atoms with Crippen LogP contribution in [0.5, 0.6) is 5.75 Å². The zero-order chi connectivity index (χ0) is 16.1. The van der Waals surface area contributed by atoms with Crippen LogP contribution >= 0.6 is 11.3 Å². The van der Waals surface area contributed by atoms with Crippen molar-refractivity contribution in [1.29, 1.82) is 0 Å². The van der Waals surface area contributed by atoms with E-state index < -0.39 is 5.97 Å². The number of benzene rings is 2. The van der Waals surface area contributed by atoms with E-state index in [9.17, 15) is 4.79 Å². The zero-order valence-corrected chi connectivity index (χ0v) is 13.4. The van der Waals surface area contributed by atoms with Crippen molar-refractivity contribution in [2.75, 3.05) is 7.11 Å². The maximum Gasteiger partial charge on any atom is 0.363 e. The number of ether oxygens (including phenoxy) is 2. The Morgan fingerprint density at radius 2 is 1.83 bits per heavy atom. The van der Waals surface area contributed by atoms with E-state index in [4.69, 9.17) is 9.47 Å². The predicted molar refractivity (Wildman–Crippen MR) is 89.7 cm³/mol. The lowest BCUT2D eigenvalue weighted by Gasteiger charge is -2.09. The number of nitrogens with zero attached hydrogens (tertiary/aromatic N) is 1. The van der Waals surface area contributed by atoms with E-state index in [1.54, 1.807) is 18.6 Å². The molecule has 0 bridgehead atoms. The van der Waals surface area contributed by atoms with Gasteiger partial charge in [0.05, 0.1) is 6.61 Å². The lowest BCUT2D eigenvalue weighted by Crippen LogP contribution is -2.09. The third-order valence-electron chi connectivity index (χ3n) is 3.20. The van der Waals surface area contributed by atoms with Crippen molar-refractivity contribution in [1.82, 2.24) is 4.98 Å². The van der Waals surface area contributed by atoms with Gasteiger partial charge in [0.2, 0.25) is 0 Å². The summed E-state index contributed by atoms with van der Waals surface area (Å²) in [7, 11) is 1.59. The van der Waals surface area contributed by atoms with Crippen molar-refractivity contribution in [3.63, 3.8) is 0 Å². The van der Waals surface area contributed by atoms with E-state index in [0.29, 0.717) is 18.1 Å². The molecule has 0 fully saturated rings. The first-order valence-corrected chi connectivity index (χ1v) is 7.96. The first kappa shape index (κ1) is 15.4. The number of esters is 1. The zero-order valence-electron chi connectivity index (χ0n) is 12.6. The quantitative estimate of drug-likeness (QED) is 0.522. The van der Waals surface area contributed by atoms with Crippen LogP contribution in [0.2, 0.25) is 0 Å². The second-order valence-electron chi connectivity index (χ2n) is 4.81. The Bertz CT molecular complexity index is 799. The van der Waals surface area contributed by atoms with E-state index in [1.807, 2.05) is 48.5 Å². The Balaban J connectivity index is 1.84. The molecule has 0 aliphatic heterocycles. The van der Waals surface area contributed by atoms with Gasteiger partial charge in [0.25, 0.3) is 0 Å². The Morgan fingerprint density at radius 3 is 2.61 bits per heavy atom. The molecule has 4 nitrogen and oxygen atoms in total. The van der Waals surface area contributed by atoms with Gasteiger partial charge >= 0.3 is 5.97 Å². The topological polar surface area (TPSA) is 48.4 Å². The largest absolute Gasteiger partial charge is 0.421 e. The lowest BCUT2D eigenvalue weighted by atomic mass is 10.1. The minimum Gasteiger partial charge on any atom is -0.421 e. The SMILES string of the molecule is COCc1nc(C(=O)Oc2ccccc2-c2ccccc2)cs1. The molecule has 3 rings (SSSR count). The van der Waals surface area contributed by atoms with Crippen LogP contribution in [-0.4, -0.2) is 18.1 Å². The van der Waals surface area contributed by atoms with Gasteiger partial charge in [0.1, 0.15) is 10.8 Å². The average molecular weight is 325 g/mol. The van der Waals surface area contributed by atoms with Gasteiger partial charge in [-0.3, -0.25) is 0 Å². The molecule has 23 heavy (non-hydrogen) atoms. The Kier molecular flexibility index (Phi) is 4.80. The molecule has 1 heterocycles. The fourth-order valence-electron chi connectivity index (χ4n) is 2.16. The molecule has 5 heteroatoms. The Hall–Kier alpha value is -2.50. The molecule has 0 N–H and O–H groups in total. The summed E-state index contributed by atoms with van der Waals surface area (Å²) in [6, 6.07) is 17.3. The molecule has 0 unspecified atom stereocenters. The third-order valence-corrected chi connectivity index (χ3v) is 4.03. The maximum atomic E-state index is 12.3. The first-order valence-electron chi connectivity index (χ1n) is 7.08. The summed E-state index contributed by atoms with van der Waals surface area (Å²) in [5.74, 6) is 0.0528. The molecule has 2 aromatic carbocycles. The van der Waals surface area contributed by atoms with Crippen LogP contribution in [0.15, 0.2) is 60.0 Å². The van der Waals surface area contributed by atoms with E-state index in [-0.39, 0.29) is 0 Å². The molecule has 1 aromatic heterocycles. The van der Waals surface area contributed by atoms with E-state index in [2.05, 4.69) is 4.98 Å². The van der Waals surface area contributed by atoms with Gasteiger partial charge in [-0.05, 0) is 11.6 Å². The summed E-state index contributed by atoms with van der Waals surface area (Å²) in [6.45, 7) is 0.387. The molecule has 0 atom stereocenters. The molecule has 3 aromatic rings. The molecule has 0 radical (unpaired) electrons. The second kappa shape index (κ2) is 7.17. The standard InChI is InChI=1S/C18H15NO3S/c1-21-11-17-19-15(12-23-17)18(20)22-16-10-6-5-9-14(16)13-7-3-2-4-8-13/h2-10,12H,11H2,1H3. The number of rotatable bonds is 5. The van der Waals surface area contributed by atoms with Crippen LogP contribution in [0.4, 0.5) is 0 Å². The normalized spacial score (nSPS) is 10.5. The van der Waals surface area contributed by atoms with E-state index in [0.717, 1.165) is 16.1 Å². The smallest absolute Gasteiger partial charge is 0.363 e. The van der Waals surface area contributed by atoms with Crippen LogP contribution in [0.3, 0.4) is 0 Å². The predicted octanol–water partition coefficient (Wildman–Crippen LogP) is 4.18. The van der Waals surface area contributed by atoms with Crippen LogP contribution < -0.4 is 4.74 Å². The highest BCUT2D eigenvalue weighted by atomic mass is 32.1. The summed E-state index contributed by atoms with van der Waals surface area (Å²) in [4.78, 5) is 16.5. The average Bonchev–Trinajstić information content (AvgIpc) is 3.05. The van der Waals surface area contributed by atoms with Crippen molar-refractivity contribution in [2.45, 2.75) is 6.61 Å². The van der Waals surface area contributed by atoms with E-state index >= 15 is 0 Å². The van der Waals surface area contributed by atoms with Gasteiger partial charge in [0.15, 0.2) is 5.69 Å². The fourth-order valence-corrected chi connectivity index (χ4v) is 2.89. The fraction of sp³-hybridized carbons (Fsp3) is 0.111. The molecular weight excluding hydrogens is 310 g/mol. The molecule has 0 amide bonds. The minimum absolute atomic E-state index is 0.296. The highest BCUT2D eigenvalue weighted by Crippen LogP contribution is 2.30. The number of thiazole rings is 1. The summed E-state index contributed by atoms with van der Waals surface area (Å²) >= 11 is 1.38. The van der Waals surface area contributed by atoms with Crippen molar-refractivity contribution in [3.05, 3.63) is 70.7 Å². The maximum absolute atomic E-state index is 12.3. The summed E-state index contributed by atoms with van der Waals surface area (Å²) in [5, 5.41) is 2.43. The van der Waals surface area contributed by atoms with Gasteiger partial charge in [-0.2, -0.15) is 0 Å². The first-order chi connectivity index (χ1) is 11.3. The molecule has 116 valence electrons. The monoisotopic (exact) mass is 325 g/mol. The van der Waals surface area contributed by atoms with Gasteiger partial charge in [-0.1, -0.05) is 48.5 Å². The van der Waals surface area contributed by atoms with Crippen molar-refractivity contribution in [3.8, 4) is 16.9 Å². The Morgan fingerprint density at radius 1 is 1.09 bits per heavy atom. The summed E-state index contributed by atoms with van der Waals surface area (Å²) < 4.78 is 10.6.